The quantitative estimate of drug-likeness (QED) is 0.837. The molecule has 0 saturated heterocycles. The number of benzene rings is 1. The van der Waals surface area contributed by atoms with Crippen LogP contribution in [-0.4, -0.2) is 43.2 Å². The van der Waals surface area contributed by atoms with Crippen LogP contribution in [0.15, 0.2) is 30.6 Å². The predicted octanol–water partition coefficient (Wildman–Crippen LogP) is 1.70. The number of rotatable bonds is 3. The fourth-order valence-electron chi connectivity index (χ4n) is 2.88. The summed E-state index contributed by atoms with van der Waals surface area (Å²) in [5.74, 6) is 0. The van der Waals surface area contributed by atoms with Crippen LogP contribution in [0.5, 0.6) is 0 Å². The molecule has 1 aromatic carbocycles. The lowest BCUT2D eigenvalue weighted by Crippen LogP contribution is -2.36. The third kappa shape index (κ3) is 2.62. The van der Waals surface area contributed by atoms with Crippen LogP contribution in [-0.2, 0) is 6.42 Å². The molecule has 0 spiro atoms. The van der Waals surface area contributed by atoms with Crippen molar-refractivity contribution in [3.8, 4) is 0 Å². The Bertz CT molecular complexity index is 483. The molecule has 19 heavy (non-hydrogen) atoms. The van der Waals surface area contributed by atoms with Gasteiger partial charge in [-0.15, -0.1) is 0 Å². The molecular formula is C15H22N4. The maximum atomic E-state index is 5.93. The second kappa shape index (κ2) is 5.03. The van der Waals surface area contributed by atoms with E-state index in [0.29, 0.717) is 0 Å². The third-order valence-electron chi connectivity index (χ3n) is 3.92. The molecule has 0 saturated carbocycles. The number of nitrogens with zero attached hydrogens (tertiary/aromatic N) is 3. The number of nitrogen functional groups attached to an aromatic ring is 1. The first-order valence-corrected chi connectivity index (χ1v) is 6.98. The first kappa shape index (κ1) is 12.2. The molecule has 0 radical (unpaired) electrons. The largest absolute Gasteiger partial charge is 0.399 e. The lowest BCUT2D eigenvalue weighted by atomic mass is 10.0. The van der Waals surface area contributed by atoms with Crippen molar-refractivity contribution in [3.05, 3.63) is 36.2 Å². The van der Waals surface area contributed by atoms with Gasteiger partial charge in [0.1, 0.15) is 0 Å². The summed E-state index contributed by atoms with van der Waals surface area (Å²) in [6.45, 7) is 4.27. The summed E-state index contributed by atoms with van der Waals surface area (Å²) >= 11 is 0. The summed E-state index contributed by atoms with van der Waals surface area (Å²) in [6.07, 6.45) is 6.72. The second-order valence-corrected chi connectivity index (χ2v) is 5.49. The van der Waals surface area contributed by atoms with Crippen molar-refractivity contribution in [2.75, 3.05) is 44.0 Å². The molecule has 0 fully saturated rings. The van der Waals surface area contributed by atoms with E-state index < -0.39 is 0 Å². The number of hydrogen-bond acceptors (Lipinski definition) is 4. The Kier molecular flexibility index (Phi) is 3.23. The van der Waals surface area contributed by atoms with Crippen LogP contribution in [0.2, 0.25) is 0 Å². The fraction of sp³-hybridized carbons (Fsp3) is 0.467. The Morgan fingerprint density at radius 3 is 2.89 bits per heavy atom. The molecule has 4 heteroatoms. The molecule has 2 aliphatic heterocycles. The van der Waals surface area contributed by atoms with Crippen LogP contribution in [0.3, 0.4) is 0 Å². The van der Waals surface area contributed by atoms with E-state index in [4.69, 9.17) is 5.73 Å². The monoisotopic (exact) mass is 258 g/mol. The van der Waals surface area contributed by atoms with Crippen molar-refractivity contribution in [2.45, 2.75) is 12.8 Å². The van der Waals surface area contributed by atoms with Gasteiger partial charge in [-0.25, -0.2) is 0 Å². The predicted molar refractivity (Wildman–Crippen MR) is 79.9 cm³/mol. The number of nitrogens with two attached hydrogens (primary N) is 1. The van der Waals surface area contributed by atoms with Gasteiger partial charge in [0, 0.05) is 50.5 Å². The molecule has 0 aliphatic carbocycles. The maximum Gasteiger partial charge on any atom is 0.0891 e. The van der Waals surface area contributed by atoms with Gasteiger partial charge >= 0.3 is 0 Å². The van der Waals surface area contributed by atoms with E-state index >= 15 is 0 Å². The molecule has 0 aromatic heterocycles. The minimum atomic E-state index is 0.867. The lowest BCUT2D eigenvalue weighted by Gasteiger charge is -2.33. The van der Waals surface area contributed by atoms with E-state index in [1.54, 1.807) is 0 Å². The van der Waals surface area contributed by atoms with E-state index in [-0.39, 0.29) is 0 Å². The summed E-state index contributed by atoms with van der Waals surface area (Å²) in [4.78, 5) is 7.02. The molecule has 0 bridgehead atoms. The standard InChI is InChI=1S/C15H22N4/c1-17-7-8-18(12-17)9-10-19-6-2-3-13-4-5-14(16)11-15(13)19/h4-5,7-8,11H,2-3,6,9-10,12,16H2,1H3. The summed E-state index contributed by atoms with van der Waals surface area (Å²) in [5, 5.41) is 0. The van der Waals surface area contributed by atoms with Crippen molar-refractivity contribution in [1.82, 2.24) is 9.80 Å². The van der Waals surface area contributed by atoms with Crippen LogP contribution in [0.25, 0.3) is 0 Å². The van der Waals surface area contributed by atoms with Crippen molar-refractivity contribution >= 4 is 11.4 Å². The first-order chi connectivity index (χ1) is 9.22. The van der Waals surface area contributed by atoms with E-state index in [1.807, 2.05) is 6.07 Å². The van der Waals surface area contributed by atoms with Crippen LogP contribution in [0, 0.1) is 0 Å². The number of aryl methyl sites for hydroxylation is 1. The summed E-state index contributed by atoms with van der Waals surface area (Å²) in [7, 11) is 2.10. The fourth-order valence-corrected chi connectivity index (χ4v) is 2.88. The molecule has 0 unspecified atom stereocenters. The van der Waals surface area contributed by atoms with Crippen molar-refractivity contribution in [3.63, 3.8) is 0 Å². The third-order valence-corrected chi connectivity index (χ3v) is 3.92. The van der Waals surface area contributed by atoms with Crippen molar-refractivity contribution < 1.29 is 0 Å². The van der Waals surface area contributed by atoms with Gasteiger partial charge in [0.15, 0.2) is 0 Å². The Balaban J connectivity index is 1.66. The zero-order chi connectivity index (χ0) is 13.2. The van der Waals surface area contributed by atoms with Crippen LogP contribution in [0.4, 0.5) is 11.4 Å². The molecule has 2 N–H and O–H groups in total. The number of fused-ring (bicyclic) bond motifs is 1. The van der Waals surface area contributed by atoms with E-state index in [1.165, 1.54) is 24.1 Å². The molecule has 2 aliphatic rings. The number of hydrogen-bond donors (Lipinski definition) is 1. The molecule has 3 rings (SSSR count). The number of anilines is 2. The zero-order valence-corrected chi connectivity index (χ0v) is 11.5. The Morgan fingerprint density at radius 1 is 1.21 bits per heavy atom. The topological polar surface area (TPSA) is 35.7 Å². The molecular weight excluding hydrogens is 236 g/mol. The summed E-state index contributed by atoms with van der Waals surface area (Å²) < 4.78 is 0. The van der Waals surface area contributed by atoms with E-state index in [2.05, 4.69) is 46.3 Å². The minimum absolute atomic E-state index is 0.867. The van der Waals surface area contributed by atoms with Gasteiger partial charge in [-0.2, -0.15) is 0 Å². The minimum Gasteiger partial charge on any atom is -0.399 e. The van der Waals surface area contributed by atoms with Gasteiger partial charge < -0.3 is 20.4 Å². The first-order valence-electron chi connectivity index (χ1n) is 6.98. The normalized spacial score (nSPS) is 18.1. The second-order valence-electron chi connectivity index (χ2n) is 5.49. The SMILES string of the molecule is CN1C=CN(CCN2CCCc3ccc(N)cc32)C1. The van der Waals surface area contributed by atoms with Crippen LogP contribution >= 0.6 is 0 Å². The Morgan fingerprint density at radius 2 is 2.11 bits per heavy atom. The van der Waals surface area contributed by atoms with Gasteiger partial charge in [-0.05, 0) is 30.5 Å². The average Bonchev–Trinajstić information content (AvgIpc) is 2.82. The highest BCUT2D eigenvalue weighted by atomic mass is 15.3. The molecule has 1 aromatic rings. The molecule has 102 valence electrons. The Hall–Kier alpha value is -1.84. The highest BCUT2D eigenvalue weighted by Crippen LogP contribution is 2.28. The average molecular weight is 258 g/mol. The molecule has 2 heterocycles. The van der Waals surface area contributed by atoms with Gasteiger partial charge in [0.25, 0.3) is 0 Å². The smallest absolute Gasteiger partial charge is 0.0891 e. The lowest BCUT2D eigenvalue weighted by molar-refractivity contribution is 0.300. The van der Waals surface area contributed by atoms with Gasteiger partial charge in [0.2, 0.25) is 0 Å². The van der Waals surface area contributed by atoms with Crippen LogP contribution in [0.1, 0.15) is 12.0 Å². The van der Waals surface area contributed by atoms with Gasteiger partial charge in [0.05, 0.1) is 6.67 Å². The summed E-state index contributed by atoms with van der Waals surface area (Å²) in [5.41, 5.74) is 9.57. The highest BCUT2D eigenvalue weighted by molar-refractivity contribution is 5.62. The Labute approximate surface area is 115 Å². The van der Waals surface area contributed by atoms with E-state index in [9.17, 15) is 0 Å². The molecule has 0 amide bonds. The zero-order valence-electron chi connectivity index (χ0n) is 11.5. The summed E-state index contributed by atoms with van der Waals surface area (Å²) in [6, 6.07) is 6.32. The maximum absolute atomic E-state index is 5.93. The van der Waals surface area contributed by atoms with E-state index in [0.717, 1.165) is 32.0 Å². The van der Waals surface area contributed by atoms with Gasteiger partial charge in [-0.3, -0.25) is 0 Å². The highest BCUT2D eigenvalue weighted by Gasteiger charge is 2.18. The molecule has 0 atom stereocenters. The van der Waals surface area contributed by atoms with Crippen molar-refractivity contribution in [1.29, 1.82) is 0 Å². The van der Waals surface area contributed by atoms with Crippen molar-refractivity contribution in [2.24, 2.45) is 0 Å². The van der Waals surface area contributed by atoms with Crippen LogP contribution < -0.4 is 10.6 Å². The van der Waals surface area contributed by atoms with Gasteiger partial charge in [-0.1, -0.05) is 6.07 Å². The molecule has 4 nitrogen and oxygen atoms in total.